The Morgan fingerprint density at radius 3 is 2.43 bits per heavy atom. The van der Waals surface area contributed by atoms with Crippen LogP contribution in [-0.2, 0) is 6.61 Å². The van der Waals surface area contributed by atoms with E-state index in [0.29, 0.717) is 22.9 Å². The molecule has 0 aliphatic rings. The number of ether oxygens (including phenoxy) is 2. The van der Waals surface area contributed by atoms with Crippen LogP contribution in [0.5, 0.6) is 11.5 Å². The summed E-state index contributed by atoms with van der Waals surface area (Å²) in [5.41, 5.74) is 4.84. The Balaban J connectivity index is 1.51. The number of nitrogens with zero attached hydrogens (tertiary/aromatic N) is 1. The first-order valence-corrected chi connectivity index (χ1v) is 8.96. The quantitative estimate of drug-likeness (QED) is 0.467. The Bertz CT molecular complexity index is 954. The normalized spacial score (nSPS) is 10.6. The second-order valence-corrected chi connectivity index (χ2v) is 6.35. The topological polar surface area (TPSA) is 59.9 Å². The third kappa shape index (κ3) is 5.59. The van der Waals surface area contributed by atoms with Crippen LogP contribution in [0.4, 0.5) is 0 Å². The maximum absolute atomic E-state index is 12.0. The number of hydrogen-bond acceptors (Lipinski definition) is 4. The molecule has 0 spiro atoms. The molecule has 3 aromatic rings. The van der Waals surface area contributed by atoms with E-state index in [1.165, 1.54) is 0 Å². The molecule has 0 aromatic heterocycles. The number of halogens is 1. The van der Waals surface area contributed by atoms with E-state index in [1.807, 2.05) is 48.5 Å². The molecule has 0 bridgehead atoms. The van der Waals surface area contributed by atoms with Crippen LogP contribution >= 0.6 is 11.6 Å². The molecule has 0 fully saturated rings. The first-order chi connectivity index (χ1) is 13.6. The van der Waals surface area contributed by atoms with Gasteiger partial charge in [-0.2, -0.15) is 5.10 Å². The lowest BCUT2D eigenvalue weighted by Crippen LogP contribution is -2.17. The minimum Gasteiger partial charge on any atom is -0.497 e. The summed E-state index contributed by atoms with van der Waals surface area (Å²) in [6, 6.07) is 21.7. The summed E-state index contributed by atoms with van der Waals surface area (Å²) < 4.78 is 10.8. The van der Waals surface area contributed by atoms with Crippen LogP contribution in [-0.4, -0.2) is 19.2 Å². The molecule has 0 saturated carbocycles. The van der Waals surface area contributed by atoms with Crippen molar-refractivity contribution in [2.45, 2.75) is 6.61 Å². The van der Waals surface area contributed by atoms with Crippen molar-refractivity contribution in [2.75, 3.05) is 7.11 Å². The molecular formula is C22H19ClN2O3. The number of rotatable bonds is 7. The average Bonchev–Trinajstić information content (AvgIpc) is 2.73. The third-order valence-electron chi connectivity index (χ3n) is 3.91. The Morgan fingerprint density at radius 1 is 1.04 bits per heavy atom. The predicted octanol–water partition coefficient (Wildman–Crippen LogP) is 4.69. The molecule has 0 unspecified atom stereocenters. The van der Waals surface area contributed by atoms with Gasteiger partial charge in [-0.3, -0.25) is 4.79 Å². The number of nitrogens with one attached hydrogen (secondary N) is 1. The highest BCUT2D eigenvalue weighted by Crippen LogP contribution is 2.16. The lowest BCUT2D eigenvalue weighted by molar-refractivity contribution is 0.0955. The summed E-state index contributed by atoms with van der Waals surface area (Å²) in [5, 5.41) is 4.67. The zero-order chi connectivity index (χ0) is 19.8. The van der Waals surface area contributed by atoms with Crippen LogP contribution in [0.15, 0.2) is 77.9 Å². The van der Waals surface area contributed by atoms with Crippen LogP contribution in [0, 0.1) is 0 Å². The molecule has 3 aromatic carbocycles. The van der Waals surface area contributed by atoms with Gasteiger partial charge in [-0.15, -0.1) is 0 Å². The van der Waals surface area contributed by atoms with Gasteiger partial charge in [0.2, 0.25) is 0 Å². The maximum Gasteiger partial charge on any atom is 0.271 e. The molecule has 28 heavy (non-hydrogen) atoms. The number of amides is 1. The van der Waals surface area contributed by atoms with E-state index >= 15 is 0 Å². The molecule has 0 saturated heterocycles. The number of hydrazone groups is 1. The highest BCUT2D eigenvalue weighted by Gasteiger charge is 2.04. The summed E-state index contributed by atoms with van der Waals surface area (Å²) in [6.07, 6.45) is 1.57. The van der Waals surface area contributed by atoms with Gasteiger partial charge in [-0.1, -0.05) is 23.7 Å². The Labute approximate surface area is 168 Å². The molecule has 0 atom stereocenters. The number of benzene rings is 3. The molecule has 142 valence electrons. The van der Waals surface area contributed by atoms with Crippen molar-refractivity contribution in [2.24, 2.45) is 5.10 Å². The van der Waals surface area contributed by atoms with Gasteiger partial charge in [0.25, 0.3) is 5.91 Å². The van der Waals surface area contributed by atoms with Gasteiger partial charge >= 0.3 is 0 Å². The van der Waals surface area contributed by atoms with Crippen molar-refractivity contribution in [3.05, 3.63) is 94.5 Å². The number of carbonyl (C=O) groups excluding carboxylic acids is 1. The van der Waals surface area contributed by atoms with Crippen LogP contribution < -0.4 is 14.9 Å². The predicted molar refractivity (Wildman–Crippen MR) is 110 cm³/mol. The molecule has 0 aliphatic heterocycles. The smallest absolute Gasteiger partial charge is 0.271 e. The molecule has 1 amide bonds. The van der Waals surface area contributed by atoms with Gasteiger partial charge in [0.15, 0.2) is 0 Å². The van der Waals surface area contributed by atoms with Gasteiger partial charge in [-0.05, 0) is 71.8 Å². The van der Waals surface area contributed by atoms with Gasteiger partial charge in [0.1, 0.15) is 18.1 Å². The van der Waals surface area contributed by atoms with Gasteiger partial charge < -0.3 is 9.47 Å². The molecule has 0 heterocycles. The van der Waals surface area contributed by atoms with E-state index in [0.717, 1.165) is 16.9 Å². The Hall–Kier alpha value is -3.31. The first-order valence-electron chi connectivity index (χ1n) is 8.59. The minimum absolute atomic E-state index is 0.291. The van der Waals surface area contributed by atoms with E-state index in [1.54, 1.807) is 37.6 Å². The number of carbonyl (C=O) groups is 1. The maximum atomic E-state index is 12.0. The third-order valence-corrected chi connectivity index (χ3v) is 4.14. The van der Waals surface area contributed by atoms with Crippen molar-refractivity contribution in [1.82, 2.24) is 5.43 Å². The van der Waals surface area contributed by atoms with Crippen LogP contribution in [0.1, 0.15) is 21.5 Å². The van der Waals surface area contributed by atoms with E-state index in [9.17, 15) is 4.79 Å². The fraction of sp³-hybridized carbons (Fsp3) is 0.0909. The monoisotopic (exact) mass is 394 g/mol. The van der Waals surface area contributed by atoms with E-state index < -0.39 is 0 Å². The van der Waals surface area contributed by atoms with Crippen molar-refractivity contribution in [1.29, 1.82) is 0 Å². The molecule has 6 heteroatoms. The van der Waals surface area contributed by atoms with Crippen molar-refractivity contribution >= 4 is 23.7 Å². The number of methoxy groups -OCH3 is 1. The SMILES string of the molecule is COc1ccc(C(=O)N/N=C/c2ccc(OCc3cccc(Cl)c3)cc2)cc1. The van der Waals surface area contributed by atoms with E-state index in [2.05, 4.69) is 10.5 Å². The first kappa shape index (κ1) is 19.5. The second kappa shape index (κ2) is 9.58. The molecule has 3 rings (SSSR count). The van der Waals surface area contributed by atoms with Crippen LogP contribution in [0.25, 0.3) is 0 Å². The highest BCUT2D eigenvalue weighted by molar-refractivity contribution is 6.30. The molecule has 1 N–H and O–H groups in total. The van der Waals surface area contributed by atoms with Crippen LogP contribution in [0.2, 0.25) is 5.02 Å². The summed E-state index contributed by atoms with van der Waals surface area (Å²) >= 11 is 5.97. The Kier molecular flexibility index (Phi) is 6.65. The lowest BCUT2D eigenvalue weighted by Gasteiger charge is -2.07. The van der Waals surface area contributed by atoms with Gasteiger partial charge in [-0.25, -0.2) is 5.43 Å². The zero-order valence-corrected chi connectivity index (χ0v) is 16.0. The summed E-state index contributed by atoms with van der Waals surface area (Å²) in [6.45, 7) is 0.436. The number of hydrogen-bond donors (Lipinski definition) is 1. The van der Waals surface area contributed by atoms with Gasteiger partial charge in [0.05, 0.1) is 13.3 Å². The summed E-state index contributed by atoms with van der Waals surface area (Å²) in [7, 11) is 1.58. The molecular weight excluding hydrogens is 376 g/mol. The van der Waals surface area contributed by atoms with E-state index in [4.69, 9.17) is 21.1 Å². The largest absolute Gasteiger partial charge is 0.497 e. The fourth-order valence-corrected chi connectivity index (χ4v) is 2.63. The summed E-state index contributed by atoms with van der Waals surface area (Å²) in [4.78, 5) is 12.0. The summed E-state index contributed by atoms with van der Waals surface area (Å²) in [5.74, 6) is 1.14. The van der Waals surface area contributed by atoms with E-state index in [-0.39, 0.29) is 5.91 Å². The minimum atomic E-state index is -0.291. The van der Waals surface area contributed by atoms with Crippen molar-refractivity contribution < 1.29 is 14.3 Å². The fourth-order valence-electron chi connectivity index (χ4n) is 2.42. The highest BCUT2D eigenvalue weighted by atomic mass is 35.5. The zero-order valence-electron chi connectivity index (χ0n) is 15.3. The van der Waals surface area contributed by atoms with Crippen molar-refractivity contribution in [3.63, 3.8) is 0 Å². The lowest BCUT2D eigenvalue weighted by atomic mass is 10.2. The molecule has 0 radical (unpaired) electrons. The molecule has 5 nitrogen and oxygen atoms in total. The second-order valence-electron chi connectivity index (χ2n) is 5.92. The Morgan fingerprint density at radius 2 is 1.75 bits per heavy atom. The average molecular weight is 395 g/mol. The standard InChI is InChI=1S/C22H19ClN2O3/c1-27-20-11-7-18(8-12-20)22(26)25-24-14-16-5-9-21(10-6-16)28-15-17-3-2-4-19(23)13-17/h2-14H,15H2,1H3,(H,25,26)/b24-14+. The van der Waals surface area contributed by atoms with Crippen LogP contribution in [0.3, 0.4) is 0 Å². The van der Waals surface area contributed by atoms with Crippen molar-refractivity contribution in [3.8, 4) is 11.5 Å². The van der Waals surface area contributed by atoms with Gasteiger partial charge in [0, 0.05) is 10.6 Å². The molecule has 0 aliphatic carbocycles.